The van der Waals surface area contributed by atoms with Crippen molar-refractivity contribution < 1.29 is 36.1 Å². The molecule has 3 amide bonds. The monoisotopic (exact) mass is 549 g/mol. The number of piperazine rings is 1. The highest BCUT2D eigenvalue weighted by Gasteiger charge is 2.32. The molecule has 1 N–H and O–H groups in total. The van der Waals surface area contributed by atoms with Crippen molar-refractivity contribution in [3.63, 3.8) is 0 Å². The second-order valence-corrected chi connectivity index (χ2v) is 10.6. The number of hydrogen-bond acceptors (Lipinski definition) is 9. The number of aromatic nitrogens is 1. The number of nitrogens with one attached hydrogen (secondary N) is 1. The van der Waals surface area contributed by atoms with E-state index < -0.39 is 40.6 Å². The average molecular weight is 550 g/mol. The van der Waals surface area contributed by atoms with Gasteiger partial charge in [-0.25, -0.2) is 14.2 Å². The number of ether oxygens (including phenoxy) is 1. The van der Waals surface area contributed by atoms with Crippen LogP contribution in [0.3, 0.4) is 0 Å². The fourth-order valence-corrected chi connectivity index (χ4v) is 4.48. The first-order valence-electron chi connectivity index (χ1n) is 11.9. The van der Waals surface area contributed by atoms with Crippen molar-refractivity contribution in [3.8, 4) is 11.1 Å². The summed E-state index contributed by atoms with van der Waals surface area (Å²) in [6, 6.07) is 7.95. The van der Waals surface area contributed by atoms with Crippen molar-refractivity contribution in [3.05, 3.63) is 42.3 Å². The largest absolute Gasteiger partial charge is 0.442 e. The first kappa shape index (κ1) is 27.3. The minimum Gasteiger partial charge on any atom is -0.442 e. The van der Waals surface area contributed by atoms with Gasteiger partial charge >= 0.3 is 6.09 Å². The summed E-state index contributed by atoms with van der Waals surface area (Å²) in [7, 11) is -3.69. The van der Waals surface area contributed by atoms with Crippen molar-refractivity contribution in [2.45, 2.75) is 13.0 Å². The highest BCUT2D eigenvalue weighted by atomic mass is 32.2. The van der Waals surface area contributed by atoms with Gasteiger partial charge in [-0.1, -0.05) is 0 Å². The van der Waals surface area contributed by atoms with E-state index in [0.717, 1.165) is 6.26 Å². The Morgan fingerprint density at radius 2 is 1.92 bits per heavy atom. The zero-order chi connectivity index (χ0) is 27.4. The minimum absolute atomic E-state index is 0.180. The van der Waals surface area contributed by atoms with Crippen LogP contribution in [0.25, 0.3) is 11.1 Å². The smallest absolute Gasteiger partial charge is 0.414 e. The van der Waals surface area contributed by atoms with Gasteiger partial charge in [-0.15, -0.1) is 0 Å². The molecule has 0 radical (unpaired) electrons. The predicted molar refractivity (Wildman–Crippen MR) is 136 cm³/mol. The fourth-order valence-electron chi connectivity index (χ4n) is 4.17. The number of carbonyl (C=O) groups is 3. The van der Waals surface area contributed by atoms with E-state index in [2.05, 4.69) is 14.5 Å². The molecule has 4 rings (SSSR count). The van der Waals surface area contributed by atoms with Crippen LogP contribution in [0, 0.1) is 5.82 Å². The molecule has 0 bridgehead atoms. The van der Waals surface area contributed by atoms with Crippen LogP contribution in [0.5, 0.6) is 0 Å². The number of anilines is 2. The quantitative estimate of drug-likeness (QED) is 0.478. The maximum atomic E-state index is 15.0. The normalized spacial score (nSPS) is 17.9. The number of rotatable bonds is 8. The van der Waals surface area contributed by atoms with Crippen LogP contribution >= 0.6 is 0 Å². The van der Waals surface area contributed by atoms with Gasteiger partial charge in [0.2, 0.25) is 11.8 Å². The second kappa shape index (κ2) is 11.3. The van der Waals surface area contributed by atoms with E-state index >= 15 is 4.39 Å². The maximum absolute atomic E-state index is 15.0. The molecule has 2 saturated heterocycles. The van der Waals surface area contributed by atoms with Crippen LogP contribution in [0.4, 0.5) is 20.7 Å². The van der Waals surface area contributed by atoms with Gasteiger partial charge in [0.25, 0.3) is 10.1 Å². The Hall–Kier alpha value is -3.78. The van der Waals surface area contributed by atoms with Gasteiger partial charge in [0.1, 0.15) is 24.3 Å². The molecule has 0 spiro atoms. The Morgan fingerprint density at radius 1 is 1.18 bits per heavy atom. The Morgan fingerprint density at radius 3 is 2.53 bits per heavy atom. The van der Waals surface area contributed by atoms with Crippen molar-refractivity contribution >= 4 is 39.5 Å². The van der Waals surface area contributed by atoms with E-state index in [4.69, 9.17) is 4.74 Å². The van der Waals surface area contributed by atoms with Gasteiger partial charge in [0.15, 0.2) is 0 Å². The summed E-state index contributed by atoms with van der Waals surface area (Å²) in [5.74, 6) is -0.499. The number of carbonyl (C=O) groups excluding carboxylic acids is 3. The number of benzene rings is 1. The average Bonchev–Trinajstić information content (AvgIpc) is 3.26. The molecule has 12 nitrogen and oxygen atoms in total. The molecule has 2 aliphatic heterocycles. The third kappa shape index (κ3) is 6.75. The number of halogens is 1. The molecule has 204 valence electrons. The highest BCUT2D eigenvalue weighted by molar-refractivity contribution is 7.86. The van der Waals surface area contributed by atoms with Gasteiger partial charge in [0, 0.05) is 50.4 Å². The predicted octanol–water partition coefficient (Wildman–Crippen LogP) is 0.974. The molecule has 0 aliphatic carbocycles. The Labute approximate surface area is 219 Å². The molecule has 2 aromatic rings. The van der Waals surface area contributed by atoms with E-state index in [0.29, 0.717) is 48.8 Å². The highest BCUT2D eigenvalue weighted by Crippen LogP contribution is 2.29. The Kier molecular flexibility index (Phi) is 8.11. The standard InChI is InChI=1S/C24H28FN5O7S/c1-16(31)26-13-19-14-30(24(33)37-19)18-4-5-20(21(25)11-18)17-3-6-22(27-12-17)28-7-9-29(10-8-28)23(32)15-36-38(2,34)35/h3-6,11-12,19H,7-10,13-15H2,1-2H3,(H,26,31)/t19-/m0/s1. The molecule has 0 saturated carbocycles. The summed E-state index contributed by atoms with van der Waals surface area (Å²) in [6.45, 7) is 2.98. The molecule has 2 aliphatic rings. The summed E-state index contributed by atoms with van der Waals surface area (Å²) in [6.07, 6.45) is 1.32. The topological polar surface area (TPSA) is 138 Å². The van der Waals surface area contributed by atoms with Gasteiger partial charge in [0.05, 0.1) is 25.0 Å². The number of amides is 3. The SMILES string of the molecule is CC(=O)NC[C@H]1CN(c2ccc(-c3ccc(N4CCN(C(=O)COS(C)(=O)=O)CC4)nc3)c(F)c2)C(=O)O1. The van der Waals surface area contributed by atoms with Crippen molar-refractivity contribution in [1.82, 2.24) is 15.2 Å². The number of hydrogen-bond donors (Lipinski definition) is 1. The molecule has 38 heavy (non-hydrogen) atoms. The Balaban J connectivity index is 1.35. The second-order valence-electron chi connectivity index (χ2n) is 8.96. The van der Waals surface area contributed by atoms with Crippen LogP contribution in [-0.2, 0) is 28.6 Å². The zero-order valence-electron chi connectivity index (χ0n) is 20.9. The van der Waals surface area contributed by atoms with E-state index in [1.54, 1.807) is 30.5 Å². The van der Waals surface area contributed by atoms with Gasteiger partial charge in [-0.2, -0.15) is 8.42 Å². The van der Waals surface area contributed by atoms with Gasteiger partial charge < -0.3 is 19.9 Å². The first-order valence-corrected chi connectivity index (χ1v) is 13.7. The lowest BCUT2D eigenvalue weighted by molar-refractivity contribution is -0.133. The van der Waals surface area contributed by atoms with Gasteiger partial charge in [-0.05, 0) is 30.3 Å². The summed E-state index contributed by atoms with van der Waals surface area (Å²) in [5, 5.41) is 2.60. The lowest BCUT2D eigenvalue weighted by Crippen LogP contribution is -2.50. The Bertz CT molecular complexity index is 1310. The van der Waals surface area contributed by atoms with Gasteiger partial charge in [-0.3, -0.25) is 18.7 Å². The molecule has 1 aromatic heterocycles. The van der Waals surface area contributed by atoms with Crippen LogP contribution in [0.2, 0.25) is 0 Å². The van der Waals surface area contributed by atoms with Crippen LogP contribution in [0.15, 0.2) is 36.5 Å². The molecular formula is C24H28FN5O7S. The summed E-state index contributed by atoms with van der Waals surface area (Å²) >= 11 is 0. The van der Waals surface area contributed by atoms with Crippen LogP contribution in [0.1, 0.15) is 6.92 Å². The van der Waals surface area contributed by atoms with E-state index in [1.807, 2.05) is 4.90 Å². The number of pyridine rings is 1. The van der Waals surface area contributed by atoms with Crippen LogP contribution < -0.4 is 15.1 Å². The lowest BCUT2D eigenvalue weighted by atomic mass is 10.1. The molecule has 1 aromatic carbocycles. The minimum atomic E-state index is -3.69. The molecule has 2 fully saturated rings. The first-order chi connectivity index (χ1) is 18.0. The summed E-state index contributed by atoms with van der Waals surface area (Å²) in [5.41, 5.74) is 1.22. The molecule has 3 heterocycles. The summed E-state index contributed by atoms with van der Waals surface area (Å²) < 4.78 is 47.0. The van der Waals surface area contributed by atoms with Crippen molar-refractivity contribution in [1.29, 1.82) is 0 Å². The molecular weight excluding hydrogens is 521 g/mol. The van der Waals surface area contributed by atoms with E-state index in [9.17, 15) is 22.8 Å². The van der Waals surface area contributed by atoms with Crippen LogP contribution in [-0.4, -0.2) is 94.4 Å². The molecule has 14 heteroatoms. The zero-order valence-corrected chi connectivity index (χ0v) is 21.7. The fraction of sp³-hybridized carbons (Fsp3) is 0.417. The maximum Gasteiger partial charge on any atom is 0.414 e. The molecule has 0 unspecified atom stereocenters. The third-order valence-corrected chi connectivity index (χ3v) is 6.67. The number of nitrogens with zero attached hydrogens (tertiary/aromatic N) is 4. The third-order valence-electron chi connectivity index (χ3n) is 6.13. The lowest BCUT2D eigenvalue weighted by Gasteiger charge is -2.35. The van der Waals surface area contributed by atoms with E-state index in [-0.39, 0.29) is 19.0 Å². The summed E-state index contributed by atoms with van der Waals surface area (Å²) in [4.78, 5) is 44.7. The van der Waals surface area contributed by atoms with E-state index in [1.165, 1.54) is 22.8 Å². The van der Waals surface area contributed by atoms with Crippen molar-refractivity contribution in [2.24, 2.45) is 0 Å². The molecule has 1 atom stereocenters. The van der Waals surface area contributed by atoms with Crippen molar-refractivity contribution in [2.75, 3.05) is 61.9 Å². The number of cyclic esters (lactones) is 1.